The Hall–Kier alpha value is -2.30. The van der Waals surface area contributed by atoms with Gasteiger partial charge in [-0.1, -0.05) is 30.6 Å². The lowest BCUT2D eigenvalue weighted by Crippen LogP contribution is -2.16. The fourth-order valence-corrected chi connectivity index (χ4v) is 1.83. The minimum Gasteiger partial charge on any atom is -0.492 e. The highest BCUT2D eigenvalue weighted by atomic mass is 16.5. The monoisotopic (exact) mass is 259 g/mol. The quantitative estimate of drug-likeness (QED) is 0.284. The van der Waals surface area contributed by atoms with Crippen molar-refractivity contribution < 1.29 is 9.94 Å². The average Bonchev–Trinajstić information content (AvgIpc) is 2.46. The summed E-state index contributed by atoms with van der Waals surface area (Å²) in [6.07, 6.45) is 3.56. The number of benzene rings is 1. The Morgan fingerprint density at radius 3 is 2.95 bits per heavy atom. The van der Waals surface area contributed by atoms with Crippen molar-refractivity contribution in [3.05, 3.63) is 36.0 Å². The molecule has 2 aromatic rings. The Bertz CT molecular complexity index is 596. The van der Waals surface area contributed by atoms with Crippen LogP contribution < -0.4 is 10.5 Å². The smallest absolute Gasteiger partial charge is 0.175 e. The molecule has 100 valence electrons. The maximum Gasteiger partial charge on any atom is 0.175 e. The number of para-hydroxylation sites is 1. The zero-order valence-electron chi connectivity index (χ0n) is 10.8. The predicted octanol–water partition coefficient (Wildman–Crippen LogP) is 2.51. The molecule has 0 aliphatic heterocycles. The molecule has 19 heavy (non-hydrogen) atoms. The lowest BCUT2D eigenvalue weighted by molar-refractivity contribution is 0.308. The summed E-state index contributed by atoms with van der Waals surface area (Å²) in [4.78, 5) is 4.29. The minimum absolute atomic E-state index is 0.00440. The van der Waals surface area contributed by atoms with Gasteiger partial charge in [0.05, 0.1) is 17.7 Å². The maximum absolute atomic E-state index is 8.84. The highest BCUT2D eigenvalue weighted by molar-refractivity contribution is 6.04. The Balaban J connectivity index is 2.51. The molecular weight excluding hydrogens is 242 g/mol. The molecule has 0 saturated heterocycles. The molecule has 0 aliphatic rings. The normalized spacial score (nSPS) is 11.7. The summed E-state index contributed by atoms with van der Waals surface area (Å²) in [7, 11) is 0. The van der Waals surface area contributed by atoms with E-state index in [1.165, 1.54) is 0 Å². The van der Waals surface area contributed by atoms with Crippen molar-refractivity contribution in [1.29, 1.82) is 0 Å². The molecule has 5 nitrogen and oxygen atoms in total. The van der Waals surface area contributed by atoms with Crippen LogP contribution in [0.4, 0.5) is 0 Å². The van der Waals surface area contributed by atoms with Crippen molar-refractivity contribution >= 4 is 16.7 Å². The Labute approximate surface area is 111 Å². The predicted molar refractivity (Wildman–Crippen MR) is 74.7 cm³/mol. The molecule has 2 rings (SSSR count). The third-order valence-corrected chi connectivity index (χ3v) is 2.85. The van der Waals surface area contributed by atoms with Crippen LogP contribution in [0, 0.1) is 0 Å². The number of hydrogen-bond donors (Lipinski definition) is 2. The number of ether oxygens (including phenoxy) is 1. The van der Waals surface area contributed by atoms with Gasteiger partial charge in [-0.25, -0.2) is 0 Å². The number of aromatic nitrogens is 1. The van der Waals surface area contributed by atoms with Crippen LogP contribution in [-0.4, -0.2) is 22.6 Å². The summed E-state index contributed by atoms with van der Waals surface area (Å²) in [5, 5.41) is 12.7. The molecule has 1 aromatic carbocycles. The van der Waals surface area contributed by atoms with Crippen LogP contribution in [0.5, 0.6) is 5.75 Å². The van der Waals surface area contributed by atoms with E-state index in [-0.39, 0.29) is 5.84 Å². The fraction of sp³-hybridized carbons (Fsp3) is 0.286. The van der Waals surface area contributed by atoms with Gasteiger partial charge in [0.15, 0.2) is 5.84 Å². The van der Waals surface area contributed by atoms with Gasteiger partial charge in [-0.15, -0.1) is 0 Å². The summed E-state index contributed by atoms with van der Waals surface area (Å²) in [6.45, 7) is 2.69. The molecule has 0 radical (unpaired) electrons. The van der Waals surface area contributed by atoms with Crippen molar-refractivity contribution in [3.63, 3.8) is 0 Å². The number of fused-ring (bicyclic) bond motifs is 1. The first-order valence-electron chi connectivity index (χ1n) is 6.26. The van der Waals surface area contributed by atoms with E-state index in [1.54, 1.807) is 6.20 Å². The number of oxime groups is 1. The first-order valence-corrected chi connectivity index (χ1v) is 6.26. The van der Waals surface area contributed by atoms with E-state index in [2.05, 4.69) is 17.1 Å². The van der Waals surface area contributed by atoms with E-state index in [0.717, 1.165) is 23.7 Å². The molecule has 1 heterocycles. The molecule has 3 N–H and O–H groups in total. The van der Waals surface area contributed by atoms with Crippen LogP contribution in [0.15, 0.2) is 35.6 Å². The topological polar surface area (TPSA) is 80.7 Å². The molecule has 0 atom stereocenters. The molecule has 0 amide bonds. The lowest BCUT2D eigenvalue weighted by Gasteiger charge is -2.12. The van der Waals surface area contributed by atoms with Crippen molar-refractivity contribution in [3.8, 4) is 5.75 Å². The summed E-state index contributed by atoms with van der Waals surface area (Å²) in [6, 6.07) is 7.64. The number of hydrogen-bond acceptors (Lipinski definition) is 4. The van der Waals surface area contributed by atoms with E-state index in [1.807, 2.05) is 24.3 Å². The standard InChI is InChI=1S/C14H17N3O2/c1-2-3-8-19-13-10-6-4-5-7-12(10)16-9-11(13)14(15)17-18/h4-7,9,18H,2-3,8H2,1H3,(H2,15,17). The molecule has 1 aromatic heterocycles. The van der Waals surface area contributed by atoms with Crippen LogP contribution >= 0.6 is 0 Å². The second-order valence-electron chi connectivity index (χ2n) is 4.21. The Kier molecular flexibility index (Phi) is 4.18. The molecule has 0 unspecified atom stereocenters. The largest absolute Gasteiger partial charge is 0.492 e. The highest BCUT2D eigenvalue weighted by Crippen LogP contribution is 2.28. The zero-order valence-corrected chi connectivity index (χ0v) is 10.8. The molecular formula is C14H17N3O2. The third-order valence-electron chi connectivity index (χ3n) is 2.85. The molecule has 5 heteroatoms. The van der Waals surface area contributed by atoms with Crippen LogP contribution in [0.2, 0.25) is 0 Å². The maximum atomic E-state index is 8.84. The van der Waals surface area contributed by atoms with E-state index < -0.39 is 0 Å². The minimum atomic E-state index is 0.00440. The number of pyridine rings is 1. The van der Waals surface area contributed by atoms with Crippen molar-refractivity contribution in [2.45, 2.75) is 19.8 Å². The first kappa shape index (κ1) is 13.1. The summed E-state index contributed by atoms with van der Waals surface area (Å²) in [5.41, 5.74) is 7.00. The van der Waals surface area contributed by atoms with Crippen molar-refractivity contribution in [2.24, 2.45) is 10.9 Å². The number of nitrogens with zero attached hydrogens (tertiary/aromatic N) is 2. The fourth-order valence-electron chi connectivity index (χ4n) is 1.83. The molecule has 0 aliphatic carbocycles. The van der Waals surface area contributed by atoms with Gasteiger partial charge in [0.25, 0.3) is 0 Å². The van der Waals surface area contributed by atoms with Gasteiger partial charge in [-0.3, -0.25) is 4.98 Å². The molecule has 0 saturated carbocycles. The second-order valence-corrected chi connectivity index (χ2v) is 4.21. The van der Waals surface area contributed by atoms with Gasteiger partial charge in [0.2, 0.25) is 0 Å². The highest BCUT2D eigenvalue weighted by Gasteiger charge is 2.13. The molecule has 0 spiro atoms. The van der Waals surface area contributed by atoms with Gasteiger partial charge in [0, 0.05) is 11.6 Å². The third kappa shape index (κ3) is 2.76. The summed E-state index contributed by atoms with van der Waals surface area (Å²) in [5.74, 6) is 0.624. The van der Waals surface area contributed by atoms with Crippen molar-refractivity contribution in [2.75, 3.05) is 6.61 Å². The number of amidine groups is 1. The number of nitrogens with two attached hydrogens (primary N) is 1. The van der Waals surface area contributed by atoms with Crippen molar-refractivity contribution in [1.82, 2.24) is 4.98 Å². The first-order chi connectivity index (χ1) is 9.27. The van der Waals surface area contributed by atoms with Gasteiger partial charge in [-0.05, 0) is 18.6 Å². The van der Waals surface area contributed by atoms with Crippen LogP contribution in [0.25, 0.3) is 10.9 Å². The van der Waals surface area contributed by atoms with Crippen LogP contribution in [-0.2, 0) is 0 Å². The van der Waals surface area contributed by atoms with Crippen LogP contribution in [0.1, 0.15) is 25.3 Å². The lowest BCUT2D eigenvalue weighted by atomic mass is 10.1. The summed E-state index contributed by atoms with van der Waals surface area (Å²) < 4.78 is 5.80. The van der Waals surface area contributed by atoms with Gasteiger partial charge >= 0.3 is 0 Å². The number of unbranched alkanes of at least 4 members (excludes halogenated alkanes) is 1. The zero-order chi connectivity index (χ0) is 13.7. The summed E-state index contributed by atoms with van der Waals surface area (Å²) >= 11 is 0. The van der Waals surface area contributed by atoms with Gasteiger partial charge in [0.1, 0.15) is 5.75 Å². The van der Waals surface area contributed by atoms with E-state index >= 15 is 0 Å². The van der Waals surface area contributed by atoms with E-state index in [4.69, 9.17) is 15.7 Å². The average molecular weight is 259 g/mol. The second kappa shape index (κ2) is 6.04. The van der Waals surface area contributed by atoms with E-state index in [9.17, 15) is 0 Å². The molecule has 0 bridgehead atoms. The Morgan fingerprint density at radius 1 is 1.42 bits per heavy atom. The van der Waals surface area contributed by atoms with Crippen LogP contribution in [0.3, 0.4) is 0 Å². The SMILES string of the molecule is CCCCOc1c(/C(N)=N/O)cnc2ccccc12. The van der Waals surface area contributed by atoms with Gasteiger partial charge in [-0.2, -0.15) is 0 Å². The van der Waals surface area contributed by atoms with Gasteiger partial charge < -0.3 is 15.7 Å². The Morgan fingerprint density at radius 2 is 2.21 bits per heavy atom. The number of rotatable bonds is 5. The molecule has 0 fully saturated rings. The van der Waals surface area contributed by atoms with E-state index in [0.29, 0.717) is 17.9 Å².